The van der Waals surface area contributed by atoms with Crippen LogP contribution in [-0.2, 0) is 4.79 Å². The monoisotopic (exact) mass is 429 g/mol. The predicted molar refractivity (Wildman–Crippen MR) is 125 cm³/mol. The first-order valence-corrected chi connectivity index (χ1v) is 12.2. The summed E-state index contributed by atoms with van der Waals surface area (Å²) in [5.74, 6) is 0.514. The molecular formula is C24H35N3O2S. The fourth-order valence-electron chi connectivity index (χ4n) is 4.79. The van der Waals surface area contributed by atoms with E-state index in [0.29, 0.717) is 0 Å². The number of rotatable bonds is 6. The fourth-order valence-corrected chi connectivity index (χ4v) is 5.60. The number of hydrogen-bond donors (Lipinski definition) is 2. The Morgan fingerprint density at radius 3 is 2.57 bits per heavy atom. The molecule has 4 rings (SSSR count). The number of benzene rings is 1. The number of nitrogens with zero attached hydrogens (tertiary/aromatic N) is 2. The maximum atomic E-state index is 12.0. The number of aliphatic hydroxyl groups is 1. The highest BCUT2D eigenvalue weighted by atomic mass is 32.1. The first-order chi connectivity index (χ1) is 14.4. The van der Waals surface area contributed by atoms with Gasteiger partial charge in [-0.05, 0) is 82.0 Å². The molecule has 0 atom stereocenters. The lowest BCUT2D eigenvalue weighted by molar-refractivity contribution is -0.137. The Kier molecular flexibility index (Phi) is 6.66. The maximum absolute atomic E-state index is 12.0. The number of nitrogens with one attached hydrogen (secondary N) is 1. The standard InChI is InChI=1S/C24H35N3O2S/c1-24(2,29)23(28)25-19-8-6-18(7-9-19)10-12-26-13-15-27(16-14-26)21-4-3-5-22-20(21)11-17-30-22/h3-5,11,17-19,29H,6-10,12-16H2,1-2H3,(H,25,28)/t18-,19-. The number of amides is 1. The van der Waals surface area contributed by atoms with Gasteiger partial charge in [-0.2, -0.15) is 0 Å². The van der Waals surface area contributed by atoms with Crippen molar-refractivity contribution in [3.8, 4) is 0 Å². The third-order valence-electron chi connectivity index (χ3n) is 6.78. The molecule has 30 heavy (non-hydrogen) atoms. The second-order valence-corrected chi connectivity index (χ2v) is 10.4. The molecule has 2 aromatic rings. The normalized spacial score (nSPS) is 23.6. The molecule has 1 saturated heterocycles. The van der Waals surface area contributed by atoms with E-state index in [0.717, 1.165) is 44.9 Å². The van der Waals surface area contributed by atoms with Crippen molar-refractivity contribution < 1.29 is 9.90 Å². The highest BCUT2D eigenvalue weighted by Gasteiger charge is 2.29. The van der Waals surface area contributed by atoms with Gasteiger partial charge in [-0.15, -0.1) is 11.3 Å². The van der Waals surface area contributed by atoms with Crippen LogP contribution in [0.25, 0.3) is 10.1 Å². The van der Waals surface area contributed by atoms with Gasteiger partial charge in [-0.1, -0.05) is 6.07 Å². The first kappa shape index (κ1) is 21.6. The molecule has 0 spiro atoms. The highest BCUT2D eigenvalue weighted by molar-refractivity contribution is 7.17. The van der Waals surface area contributed by atoms with E-state index in [4.69, 9.17) is 0 Å². The van der Waals surface area contributed by atoms with E-state index in [1.165, 1.54) is 41.6 Å². The van der Waals surface area contributed by atoms with Gasteiger partial charge in [0.25, 0.3) is 5.91 Å². The zero-order valence-corrected chi connectivity index (χ0v) is 19.1. The molecule has 1 aromatic heterocycles. The number of fused-ring (bicyclic) bond motifs is 1. The van der Waals surface area contributed by atoms with Crippen molar-refractivity contribution in [3.05, 3.63) is 29.6 Å². The highest BCUT2D eigenvalue weighted by Crippen LogP contribution is 2.31. The summed E-state index contributed by atoms with van der Waals surface area (Å²) in [6.45, 7) is 8.76. The van der Waals surface area contributed by atoms with Crippen molar-refractivity contribution in [1.82, 2.24) is 10.2 Å². The van der Waals surface area contributed by atoms with Gasteiger partial charge >= 0.3 is 0 Å². The molecule has 5 nitrogen and oxygen atoms in total. The van der Waals surface area contributed by atoms with Gasteiger partial charge in [0.2, 0.25) is 0 Å². The summed E-state index contributed by atoms with van der Waals surface area (Å²) in [6.07, 6.45) is 5.68. The van der Waals surface area contributed by atoms with Gasteiger partial charge in [0, 0.05) is 48.0 Å². The lowest BCUT2D eigenvalue weighted by atomic mass is 9.83. The van der Waals surface area contributed by atoms with E-state index in [2.05, 4.69) is 44.8 Å². The summed E-state index contributed by atoms with van der Waals surface area (Å²) in [6, 6.07) is 9.14. The van der Waals surface area contributed by atoms with Crippen LogP contribution in [0.5, 0.6) is 0 Å². The predicted octanol–water partition coefficient (Wildman–Crippen LogP) is 3.86. The van der Waals surface area contributed by atoms with Crippen LogP contribution in [0, 0.1) is 5.92 Å². The topological polar surface area (TPSA) is 55.8 Å². The fraction of sp³-hybridized carbons (Fsp3) is 0.625. The molecule has 2 heterocycles. The molecule has 1 amide bonds. The Morgan fingerprint density at radius 2 is 1.87 bits per heavy atom. The Balaban J connectivity index is 1.18. The van der Waals surface area contributed by atoms with Gasteiger partial charge in [-0.25, -0.2) is 0 Å². The number of hydrogen-bond acceptors (Lipinski definition) is 5. The van der Waals surface area contributed by atoms with Crippen molar-refractivity contribution in [2.24, 2.45) is 5.92 Å². The van der Waals surface area contributed by atoms with Gasteiger partial charge in [0.15, 0.2) is 0 Å². The quantitative estimate of drug-likeness (QED) is 0.732. The van der Waals surface area contributed by atoms with Crippen LogP contribution in [-0.4, -0.2) is 60.3 Å². The zero-order valence-electron chi connectivity index (χ0n) is 18.3. The minimum absolute atomic E-state index is 0.225. The molecule has 0 unspecified atom stereocenters. The van der Waals surface area contributed by atoms with Gasteiger partial charge in [-0.3, -0.25) is 9.69 Å². The van der Waals surface area contributed by atoms with Crippen LogP contribution in [0.1, 0.15) is 46.0 Å². The van der Waals surface area contributed by atoms with Crippen LogP contribution in [0.3, 0.4) is 0 Å². The average Bonchev–Trinajstić information content (AvgIpc) is 3.22. The molecule has 1 aliphatic heterocycles. The number of piperazine rings is 1. The Labute approximate surface area is 184 Å². The summed E-state index contributed by atoms with van der Waals surface area (Å²) >= 11 is 1.82. The van der Waals surface area contributed by atoms with Crippen molar-refractivity contribution in [3.63, 3.8) is 0 Å². The third-order valence-corrected chi connectivity index (χ3v) is 7.66. The van der Waals surface area contributed by atoms with E-state index >= 15 is 0 Å². The van der Waals surface area contributed by atoms with Crippen LogP contribution >= 0.6 is 11.3 Å². The summed E-state index contributed by atoms with van der Waals surface area (Å²) in [7, 11) is 0. The third kappa shape index (κ3) is 5.16. The molecule has 2 N–H and O–H groups in total. The van der Waals surface area contributed by atoms with Gasteiger partial charge in [0.1, 0.15) is 5.60 Å². The van der Waals surface area contributed by atoms with Gasteiger partial charge < -0.3 is 15.3 Å². The Hall–Kier alpha value is -1.63. The Morgan fingerprint density at radius 1 is 1.13 bits per heavy atom. The number of thiophene rings is 1. The van der Waals surface area contributed by atoms with Crippen LogP contribution in [0.2, 0.25) is 0 Å². The maximum Gasteiger partial charge on any atom is 0.251 e. The second kappa shape index (κ2) is 9.25. The zero-order chi connectivity index (χ0) is 21.1. The number of anilines is 1. The second-order valence-electron chi connectivity index (χ2n) is 9.48. The molecule has 2 fully saturated rings. The smallest absolute Gasteiger partial charge is 0.251 e. The molecule has 2 aliphatic rings. The van der Waals surface area contributed by atoms with E-state index < -0.39 is 5.60 Å². The minimum Gasteiger partial charge on any atom is -0.381 e. The molecule has 0 radical (unpaired) electrons. The van der Waals surface area contributed by atoms with E-state index in [-0.39, 0.29) is 11.9 Å². The molecule has 164 valence electrons. The first-order valence-electron chi connectivity index (χ1n) is 11.4. The molecule has 1 saturated carbocycles. The van der Waals surface area contributed by atoms with E-state index in [1.807, 2.05) is 11.3 Å². The minimum atomic E-state index is -1.28. The summed E-state index contributed by atoms with van der Waals surface area (Å²) in [5.41, 5.74) is 0.105. The van der Waals surface area contributed by atoms with Crippen molar-refractivity contribution in [1.29, 1.82) is 0 Å². The van der Waals surface area contributed by atoms with Gasteiger partial charge in [0.05, 0.1) is 0 Å². The van der Waals surface area contributed by atoms with Crippen LogP contribution in [0.15, 0.2) is 29.6 Å². The van der Waals surface area contributed by atoms with Crippen molar-refractivity contribution in [2.45, 2.75) is 57.6 Å². The lowest BCUT2D eigenvalue weighted by Gasteiger charge is -2.37. The van der Waals surface area contributed by atoms with Crippen molar-refractivity contribution in [2.75, 3.05) is 37.6 Å². The largest absolute Gasteiger partial charge is 0.381 e. The molecular weight excluding hydrogens is 394 g/mol. The molecule has 1 aliphatic carbocycles. The number of carbonyl (C=O) groups excluding carboxylic acids is 1. The van der Waals surface area contributed by atoms with E-state index in [1.54, 1.807) is 13.8 Å². The summed E-state index contributed by atoms with van der Waals surface area (Å²) in [5, 5.41) is 16.4. The Bertz CT molecular complexity index is 843. The van der Waals surface area contributed by atoms with E-state index in [9.17, 15) is 9.90 Å². The van der Waals surface area contributed by atoms with Crippen LogP contribution < -0.4 is 10.2 Å². The lowest BCUT2D eigenvalue weighted by Crippen LogP contribution is -2.48. The summed E-state index contributed by atoms with van der Waals surface area (Å²) in [4.78, 5) is 17.1. The molecule has 1 aromatic carbocycles. The average molecular weight is 430 g/mol. The summed E-state index contributed by atoms with van der Waals surface area (Å²) < 4.78 is 1.38. The molecule has 0 bridgehead atoms. The molecule has 6 heteroatoms. The SMILES string of the molecule is CC(C)(O)C(=O)N[C@H]1CC[C@H](CCN2CCN(c3cccc4sccc34)CC2)CC1. The van der Waals surface area contributed by atoms with Crippen molar-refractivity contribution >= 4 is 33.0 Å². The number of carbonyl (C=O) groups is 1. The van der Waals surface area contributed by atoms with Crippen LogP contribution in [0.4, 0.5) is 5.69 Å².